The topological polar surface area (TPSA) is 0 Å². The van der Waals surface area contributed by atoms with E-state index in [0.29, 0.717) is 5.92 Å². The van der Waals surface area contributed by atoms with Gasteiger partial charge in [0.25, 0.3) is 0 Å². The second kappa shape index (κ2) is 7.53. The average Bonchev–Trinajstić information content (AvgIpc) is 1.61. The Labute approximate surface area is 75.4 Å². The Kier molecular flexibility index (Phi) is 10.7. The van der Waals surface area contributed by atoms with Crippen molar-refractivity contribution in [3.8, 4) is 0 Å². The summed E-state index contributed by atoms with van der Waals surface area (Å²) in [5.41, 5.74) is 0. The molecular formula is C7H10U. The van der Waals surface area contributed by atoms with Gasteiger partial charge in [0.2, 0.25) is 0 Å². The van der Waals surface area contributed by atoms with Crippen molar-refractivity contribution >= 4 is 0 Å². The first-order valence-corrected chi connectivity index (χ1v) is 2.40. The number of hydrogen-bond acceptors (Lipinski definition) is 0. The standard InChI is InChI=1S/C7H10.U/c1-4-5-6-7(2)3;/h1,4-5,7H,2-3H3;/q-2;+2. The first-order valence-electron chi connectivity index (χ1n) is 2.40. The van der Waals surface area contributed by atoms with E-state index in [1.54, 1.807) is 6.08 Å². The van der Waals surface area contributed by atoms with Gasteiger partial charge in [-0.1, -0.05) is 13.8 Å². The van der Waals surface area contributed by atoms with Gasteiger partial charge in [-0.2, -0.15) is 0 Å². The molecule has 0 aromatic heterocycles. The molecule has 0 aliphatic carbocycles. The van der Waals surface area contributed by atoms with Crippen molar-refractivity contribution < 1.29 is 31.1 Å². The van der Waals surface area contributed by atoms with E-state index in [-0.39, 0.29) is 31.1 Å². The van der Waals surface area contributed by atoms with Crippen LogP contribution in [0.5, 0.6) is 0 Å². The Balaban J connectivity index is 0. The molecule has 0 bridgehead atoms. The first-order chi connectivity index (χ1) is 3.27. The molecule has 0 radical (unpaired) electrons. The summed E-state index contributed by atoms with van der Waals surface area (Å²) in [5.74, 6) is 0.486. The maximum atomic E-state index is 5.03. The Morgan fingerprint density at radius 2 is 2.00 bits per heavy atom. The zero-order chi connectivity index (χ0) is 5.70. The molecular weight excluding hydrogens is 322 g/mol. The van der Waals surface area contributed by atoms with Gasteiger partial charge in [-0.25, -0.2) is 0 Å². The zero-order valence-corrected chi connectivity index (χ0v) is 9.47. The molecule has 0 aliphatic heterocycles. The normalized spacial score (nSPS) is 9.38. The molecule has 0 aromatic carbocycles. The summed E-state index contributed by atoms with van der Waals surface area (Å²) >= 11 is 0. The van der Waals surface area contributed by atoms with Crippen LogP contribution in [-0.2, 0) is 0 Å². The van der Waals surface area contributed by atoms with Gasteiger partial charge in [-0.15, -0.1) is 5.92 Å². The van der Waals surface area contributed by atoms with Crippen LogP contribution in [-0.4, -0.2) is 0 Å². The second-order valence-corrected chi connectivity index (χ2v) is 1.68. The smallest absolute Gasteiger partial charge is 0.394 e. The molecule has 0 fully saturated rings. The zero-order valence-electron chi connectivity index (χ0n) is 5.31. The Hall–Kier alpha value is 0.532. The maximum absolute atomic E-state index is 5.03. The Morgan fingerprint density at radius 1 is 1.50 bits per heavy atom. The minimum absolute atomic E-state index is 0. The molecule has 0 aliphatic rings. The van der Waals surface area contributed by atoms with Crippen molar-refractivity contribution in [3.63, 3.8) is 0 Å². The van der Waals surface area contributed by atoms with Crippen molar-refractivity contribution in [3.05, 3.63) is 24.8 Å². The fourth-order valence-corrected chi connectivity index (χ4v) is 0.248. The summed E-state index contributed by atoms with van der Waals surface area (Å²) < 4.78 is 0. The van der Waals surface area contributed by atoms with Gasteiger partial charge in [0.05, 0.1) is 0 Å². The minimum Gasteiger partial charge on any atom is -0.394 e. The summed E-state index contributed by atoms with van der Waals surface area (Å²) in [7, 11) is 0. The fourth-order valence-electron chi connectivity index (χ4n) is 0.248. The van der Waals surface area contributed by atoms with Gasteiger partial charge in [-0.05, 0) is 0 Å². The van der Waals surface area contributed by atoms with Crippen molar-refractivity contribution in [2.24, 2.45) is 5.92 Å². The maximum Gasteiger partial charge on any atom is 2.00 e. The molecule has 0 saturated heterocycles. The molecule has 0 unspecified atom stereocenters. The first kappa shape index (κ1) is 11.3. The van der Waals surface area contributed by atoms with E-state index in [1.165, 1.54) is 6.08 Å². The molecule has 0 N–H and O–H groups in total. The van der Waals surface area contributed by atoms with Crippen molar-refractivity contribution in [1.82, 2.24) is 0 Å². The van der Waals surface area contributed by atoms with Gasteiger partial charge in [-0.3, -0.25) is 0 Å². The van der Waals surface area contributed by atoms with E-state index >= 15 is 0 Å². The van der Waals surface area contributed by atoms with E-state index < -0.39 is 0 Å². The Bertz CT molecular complexity index is 72.5. The summed E-state index contributed by atoms with van der Waals surface area (Å²) in [4.78, 5) is 0. The molecule has 0 atom stereocenters. The van der Waals surface area contributed by atoms with Gasteiger partial charge in [0, 0.05) is 0 Å². The largest absolute Gasteiger partial charge is 2.00 e. The Morgan fingerprint density at radius 3 is 2.12 bits per heavy atom. The molecule has 0 spiro atoms. The van der Waals surface area contributed by atoms with E-state index in [1.807, 2.05) is 0 Å². The van der Waals surface area contributed by atoms with Crippen LogP contribution < -0.4 is 0 Å². The summed E-state index contributed by atoms with van der Waals surface area (Å²) in [6, 6.07) is 0. The third-order valence-electron chi connectivity index (χ3n) is 0.526. The molecule has 0 heterocycles. The number of hydrogen-bond donors (Lipinski definition) is 0. The van der Waals surface area contributed by atoms with E-state index in [9.17, 15) is 0 Å². The van der Waals surface area contributed by atoms with Crippen molar-refractivity contribution in [2.45, 2.75) is 13.8 Å². The quantitative estimate of drug-likeness (QED) is 0.536. The number of rotatable bonds is 2. The van der Waals surface area contributed by atoms with Gasteiger partial charge in [0.15, 0.2) is 0 Å². The molecule has 8 heavy (non-hydrogen) atoms. The summed E-state index contributed by atoms with van der Waals surface area (Å²) in [6.07, 6.45) is 6.20. The van der Waals surface area contributed by atoms with Gasteiger partial charge in [0.1, 0.15) is 0 Å². The summed E-state index contributed by atoms with van der Waals surface area (Å²) in [6.45, 7) is 9.14. The molecule has 0 saturated carbocycles. The van der Waals surface area contributed by atoms with Crippen molar-refractivity contribution in [2.75, 3.05) is 0 Å². The average molecular weight is 332 g/mol. The van der Waals surface area contributed by atoms with Crippen LogP contribution in [0.1, 0.15) is 13.8 Å². The molecule has 42 valence electrons. The van der Waals surface area contributed by atoms with Gasteiger partial charge >= 0.3 is 31.1 Å². The van der Waals surface area contributed by atoms with Crippen LogP contribution in [0.2, 0.25) is 0 Å². The van der Waals surface area contributed by atoms with Crippen LogP contribution in [0.4, 0.5) is 0 Å². The monoisotopic (exact) mass is 332 g/mol. The summed E-state index contributed by atoms with van der Waals surface area (Å²) in [5, 5.41) is 0. The predicted octanol–water partition coefficient (Wildman–Crippen LogP) is 1.99. The fraction of sp³-hybridized carbons (Fsp3) is 0.429. The van der Waals surface area contributed by atoms with Crippen LogP contribution in [0.25, 0.3) is 0 Å². The van der Waals surface area contributed by atoms with Gasteiger partial charge < -0.3 is 24.8 Å². The minimum atomic E-state index is 0. The predicted molar refractivity (Wildman–Crippen MR) is 31.5 cm³/mol. The van der Waals surface area contributed by atoms with Crippen molar-refractivity contribution in [1.29, 1.82) is 0 Å². The van der Waals surface area contributed by atoms with Crippen LogP contribution >= 0.6 is 0 Å². The number of allylic oxidation sites excluding steroid dienone is 3. The molecule has 1 heteroatoms. The van der Waals surface area contributed by atoms with E-state index in [0.717, 1.165) is 0 Å². The molecule has 0 amide bonds. The molecule has 0 aromatic rings. The third-order valence-corrected chi connectivity index (χ3v) is 0.526. The molecule has 0 nitrogen and oxygen atoms in total. The second-order valence-electron chi connectivity index (χ2n) is 1.68. The molecule has 0 rings (SSSR count). The third kappa shape index (κ3) is 9.73. The van der Waals surface area contributed by atoms with E-state index in [2.05, 4.69) is 19.9 Å². The SMILES string of the molecule is [CH-]=CC=[C-]C(C)C.[U+2]. The van der Waals surface area contributed by atoms with Crippen LogP contribution in [0.3, 0.4) is 0 Å². The van der Waals surface area contributed by atoms with Crippen LogP contribution in [0.15, 0.2) is 12.2 Å². The van der Waals surface area contributed by atoms with E-state index in [4.69, 9.17) is 6.58 Å². The van der Waals surface area contributed by atoms with Crippen LogP contribution in [0, 0.1) is 49.7 Å².